The molecule has 0 radical (unpaired) electrons. The molecule has 1 rings (SSSR count). The van der Waals surface area contributed by atoms with Crippen LogP contribution in [0.4, 0.5) is 0 Å². The van der Waals surface area contributed by atoms with Crippen molar-refractivity contribution < 1.29 is 4.79 Å². The highest BCUT2D eigenvalue weighted by Gasteiger charge is 2.07. The topological polar surface area (TPSA) is 17.1 Å². The maximum Gasteiger partial charge on any atom is 0.162 e. The Balaban J connectivity index is 2.69. The van der Waals surface area contributed by atoms with Gasteiger partial charge in [-0.25, -0.2) is 0 Å². The minimum absolute atomic E-state index is 0.0706. The third kappa shape index (κ3) is 4.06. The lowest BCUT2D eigenvalue weighted by Gasteiger charge is -2.01. The summed E-state index contributed by atoms with van der Waals surface area (Å²) in [6, 6.07) is 4.90. The van der Waals surface area contributed by atoms with E-state index in [-0.39, 0.29) is 5.78 Å². The Labute approximate surface area is 99.7 Å². The molecule has 3 heteroatoms. The van der Waals surface area contributed by atoms with Crippen molar-refractivity contribution in [3.05, 3.63) is 46.5 Å². The number of halogens is 2. The summed E-state index contributed by atoms with van der Waals surface area (Å²) in [5.41, 5.74) is 0.580. The highest BCUT2D eigenvalue weighted by atomic mass is 35.5. The SMILES string of the molecule is C=CCCCC(=O)c1cc(Cl)cc(Cl)c1. The fraction of sp³-hybridized carbons (Fsp3) is 0.250. The fourth-order valence-corrected chi connectivity index (χ4v) is 1.79. The molecule has 0 spiro atoms. The fourth-order valence-electron chi connectivity index (χ4n) is 1.27. The smallest absolute Gasteiger partial charge is 0.162 e. The molecule has 0 saturated carbocycles. The van der Waals surface area contributed by atoms with Crippen molar-refractivity contribution in [2.24, 2.45) is 0 Å². The van der Waals surface area contributed by atoms with Crippen molar-refractivity contribution in [3.63, 3.8) is 0 Å². The number of rotatable bonds is 5. The van der Waals surface area contributed by atoms with Crippen LogP contribution in [0.25, 0.3) is 0 Å². The van der Waals surface area contributed by atoms with Crippen molar-refractivity contribution in [2.45, 2.75) is 19.3 Å². The number of unbranched alkanes of at least 4 members (excludes halogenated alkanes) is 1. The van der Waals surface area contributed by atoms with Gasteiger partial charge in [0, 0.05) is 22.0 Å². The predicted octanol–water partition coefficient (Wildman–Crippen LogP) is 4.53. The molecule has 1 aromatic rings. The largest absolute Gasteiger partial charge is 0.294 e. The van der Waals surface area contributed by atoms with Crippen LogP contribution in [0.5, 0.6) is 0 Å². The van der Waals surface area contributed by atoms with Crippen LogP contribution < -0.4 is 0 Å². The zero-order valence-corrected chi connectivity index (χ0v) is 9.81. The second-order valence-electron chi connectivity index (χ2n) is 3.26. The second-order valence-corrected chi connectivity index (χ2v) is 4.14. The molecule has 0 heterocycles. The first-order valence-electron chi connectivity index (χ1n) is 4.73. The van der Waals surface area contributed by atoms with E-state index in [0.717, 1.165) is 12.8 Å². The summed E-state index contributed by atoms with van der Waals surface area (Å²) in [5, 5.41) is 0.990. The average Bonchev–Trinajstić information content (AvgIpc) is 2.16. The molecule has 1 aromatic carbocycles. The van der Waals surface area contributed by atoms with Crippen LogP contribution in [0.15, 0.2) is 30.9 Å². The van der Waals surface area contributed by atoms with Crippen molar-refractivity contribution in [3.8, 4) is 0 Å². The first-order valence-corrected chi connectivity index (χ1v) is 5.49. The molecule has 0 atom stereocenters. The third-order valence-electron chi connectivity index (χ3n) is 2.00. The quantitative estimate of drug-likeness (QED) is 0.421. The lowest BCUT2D eigenvalue weighted by atomic mass is 10.1. The summed E-state index contributed by atoms with van der Waals surface area (Å²) in [6.45, 7) is 3.60. The molecule has 0 saturated heterocycles. The first kappa shape index (κ1) is 12.3. The minimum Gasteiger partial charge on any atom is -0.294 e. The molecule has 0 aliphatic rings. The van der Waals surface area contributed by atoms with Crippen LogP contribution in [0.1, 0.15) is 29.6 Å². The summed E-state index contributed by atoms with van der Waals surface area (Å²) in [6.07, 6.45) is 3.97. The zero-order valence-electron chi connectivity index (χ0n) is 8.30. The second kappa shape index (κ2) is 5.94. The summed E-state index contributed by atoms with van der Waals surface area (Å²) >= 11 is 11.6. The lowest BCUT2D eigenvalue weighted by Crippen LogP contribution is -1.98. The maximum absolute atomic E-state index is 11.7. The molecule has 15 heavy (non-hydrogen) atoms. The van der Waals surface area contributed by atoms with Gasteiger partial charge in [-0.05, 0) is 31.0 Å². The van der Waals surface area contributed by atoms with E-state index >= 15 is 0 Å². The van der Waals surface area contributed by atoms with E-state index < -0.39 is 0 Å². The van der Waals surface area contributed by atoms with Gasteiger partial charge >= 0.3 is 0 Å². The van der Waals surface area contributed by atoms with E-state index in [1.54, 1.807) is 24.3 Å². The van der Waals surface area contributed by atoms with Crippen LogP contribution >= 0.6 is 23.2 Å². The number of ketones is 1. The first-order chi connectivity index (χ1) is 7.13. The van der Waals surface area contributed by atoms with E-state index in [0.29, 0.717) is 22.0 Å². The molecule has 0 aliphatic carbocycles. The van der Waals surface area contributed by atoms with Crippen molar-refractivity contribution in [1.29, 1.82) is 0 Å². The molecule has 0 aliphatic heterocycles. The van der Waals surface area contributed by atoms with Crippen LogP contribution in [0.3, 0.4) is 0 Å². The Hall–Kier alpha value is -0.790. The summed E-state index contributed by atoms with van der Waals surface area (Å²) in [7, 11) is 0. The molecule has 0 unspecified atom stereocenters. The lowest BCUT2D eigenvalue weighted by molar-refractivity contribution is 0.0980. The van der Waals surface area contributed by atoms with Gasteiger partial charge in [0.15, 0.2) is 5.78 Å². The highest BCUT2D eigenvalue weighted by molar-refractivity contribution is 6.35. The average molecular weight is 243 g/mol. The van der Waals surface area contributed by atoms with Crippen LogP contribution in [-0.4, -0.2) is 5.78 Å². The van der Waals surface area contributed by atoms with Gasteiger partial charge in [0.05, 0.1) is 0 Å². The highest BCUT2D eigenvalue weighted by Crippen LogP contribution is 2.20. The number of hydrogen-bond acceptors (Lipinski definition) is 1. The predicted molar refractivity (Wildman–Crippen MR) is 64.8 cm³/mol. The third-order valence-corrected chi connectivity index (χ3v) is 2.43. The van der Waals surface area contributed by atoms with Gasteiger partial charge in [0.1, 0.15) is 0 Å². The Morgan fingerprint density at radius 2 is 1.87 bits per heavy atom. The Morgan fingerprint density at radius 3 is 2.40 bits per heavy atom. The van der Waals surface area contributed by atoms with Crippen LogP contribution in [0.2, 0.25) is 10.0 Å². The van der Waals surface area contributed by atoms with Gasteiger partial charge in [-0.3, -0.25) is 4.79 Å². The van der Waals surface area contributed by atoms with Crippen molar-refractivity contribution in [1.82, 2.24) is 0 Å². The van der Waals surface area contributed by atoms with Crippen molar-refractivity contribution in [2.75, 3.05) is 0 Å². The van der Waals surface area contributed by atoms with E-state index in [1.807, 2.05) is 0 Å². The number of carbonyl (C=O) groups excluding carboxylic acids is 1. The maximum atomic E-state index is 11.7. The zero-order chi connectivity index (χ0) is 11.3. The van der Waals surface area contributed by atoms with Gasteiger partial charge in [-0.1, -0.05) is 29.3 Å². The number of allylic oxidation sites excluding steroid dienone is 1. The van der Waals surface area contributed by atoms with Gasteiger partial charge in [0.25, 0.3) is 0 Å². The molecule has 0 aromatic heterocycles. The minimum atomic E-state index is 0.0706. The van der Waals surface area contributed by atoms with E-state index in [4.69, 9.17) is 23.2 Å². The van der Waals surface area contributed by atoms with E-state index in [1.165, 1.54) is 0 Å². The number of benzene rings is 1. The van der Waals surface area contributed by atoms with E-state index in [2.05, 4.69) is 6.58 Å². The molecule has 0 fully saturated rings. The molecule has 80 valence electrons. The molecule has 0 N–H and O–H groups in total. The molecule has 1 nitrogen and oxygen atoms in total. The Bertz CT molecular complexity index is 352. The van der Waals surface area contributed by atoms with Crippen LogP contribution in [0, 0.1) is 0 Å². The molecular formula is C12H12Cl2O. The molecule has 0 bridgehead atoms. The Morgan fingerprint density at radius 1 is 1.27 bits per heavy atom. The monoisotopic (exact) mass is 242 g/mol. The summed E-state index contributed by atoms with van der Waals surface area (Å²) in [5.74, 6) is 0.0706. The summed E-state index contributed by atoms with van der Waals surface area (Å²) < 4.78 is 0. The van der Waals surface area contributed by atoms with Gasteiger partial charge in [0.2, 0.25) is 0 Å². The van der Waals surface area contributed by atoms with Gasteiger partial charge in [-0.15, -0.1) is 6.58 Å². The Kier molecular flexibility index (Phi) is 4.86. The number of Topliss-reactive ketones (excluding diaryl/α,β-unsaturated/α-hetero) is 1. The standard InChI is InChI=1S/C12H12Cl2O/c1-2-3-4-5-12(15)9-6-10(13)8-11(14)7-9/h2,6-8H,1,3-5H2. The normalized spacial score (nSPS) is 10.0. The van der Waals surface area contributed by atoms with Gasteiger partial charge < -0.3 is 0 Å². The van der Waals surface area contributed by atoms with E-state index in [9.17, 15) is 4.79 Å². The number of hydrogen-bond donors (Lipinski definition) is 0. The molecule has 0 amide bonds. The summed E-state index contributed by atoms with van der Waals surface area (Å²) in [4.78, 5) is 11.7. The number of carbonyl (C=O) groups is 1. The molecular weight excluding hydrogens is 231 g/mol. The van der Waals surface area contributed by atoms with Crippen molar-refractivity contribution >= 4 is 29.0 Å². The van der Waals surface area contributed by atoms with Gasteiger partial charge in [-0.2, -0.15) is 0 Å². The van der Waals surface area contributed by atoms with Crippen LogP contribution in [-0.2, 0) is 0 Å².